The average molecular weight is 231 g/mol. The molecule has 0 saturated heterocycles. The number of nitrogens with zero attached hydrogens (tertiary/aromatic N) is 1. The molecule has 0 unspecified atom stereocenters. The fourth-order valence-corrected chi connectivity index (χ4v) is 2.59. The number of Topliss-reactive ketones (excluding diaryl/α,β-unsaturated/α-hetero) is 1. The highest BCUT2D eigenvalue weighted by Gasteiger charge is 2.32. The zero-order chi connectivity index (χ0) is 12.5. The Morgan fingerprint density at radius 1 is 1.41 bits per heavy atom. The van der Waals surface area contributed by atoms with Crippen molar-refractivity contribution in [3.8, 4) is 0 Å². The van der Waals surface area contributed by atoms with Gasteiger partial charge in [0.05, 0.1) is 0 Å². The highest BCUT2D eigenvalue weighted by Crippen LogP contribution is 2.35. The van der Waals surface area contributed by atoms with Gasteiger partial charge >= 0.3 is 0 Å². The standard InChI is InChI=1S/C15H21NO/c1-4-5-6-8-16-9-7-12-13(16)10-15(2,3)11-14(12)17/h4-5,7,9H,6,8,10-11H2,1-3H3/b5-4+. The first kappa shape index (κ1) is 12.2. The lowest BCUT2D eigenvalue weighted by molar-refractivity contribution is 0.0910. The van der Waals surface area contributed by atoms with Gasteiger partial charge in [-0.1, -0.05) is 26.0 Å². The van der Waals surface area contributed by atoms with Gasteiger partial charge < -0.3 is 4.57 Å². The van der Waals surface area contributed by atoms with E-state index in [1.54, 1.807) is 0 Å². The molecule has 0 radical (unpaired) electrons. The van der Waals surface area contributed by atoms with Gasteiger partial charge in [0.15, 0.2) is 5.78 Å². The topological polar surface area (TPSA) is 22.0 Å². The minimum absolute atomic E-state index is 0.112. The first-order valence-corrected chi connectivity index (χ1v) is 6.36. The van der Waals surface area contributed by atoms with E-state index in [4.69, 9.17) is 0 Å². The normalized spacial score (nSPS) is 18.6. The van der Waals surface area contributed by atoms with Gasteiger partial charge in [0.25, 0.3) is 0 Å². The number of aryl methyl sites for hydroxylation is 1. The Kier molecular flexibility index (Phi) is 3.23. The lowest BCUT2D eigenvalue weighted by Gasteiger charge is -2.29. The molecule has 1 heterocycles. The summed E-state index contributed by atoms with van der Waals surface area (Å²) in [6.45, 7) is 7.37. The number of aromatic nitrogens is 1. The van der Waals surface area contributed by atoms with Crippen LogP contribution in [-0.4, -0.2) is 10.4 Å². The molecule has 0 N–H and O–H groups in total. The van der Waals surface area contributed by atoms with Crippen LogP contribution >= 0.6 is 0 Å². The summed E-state index contributed by atoms with van der Waals surface area (Å²) in [7, 11) is 0. The Morgan fingerprint density at radius 3 is 2.88 bits per heavy atom. The van der Waals surface area contributed by atoms with Crippen molar-refractivity contribution in [1.29, 1.82) is 0 Å². The number of allylic oxidation sites excluding steroid dienone is 2. The van der Waals surface area contributed by atoms with Gasteiger partial charge in [-0.2, -0.15) is 0 Å². The lowest BCUT2D eigenvalue weighted by Crippen LogP contribution is -2.28. The first-order chi connectivity index (χ1) is 8.03. The van der Waals surface area contributed by atoms with Crippen molar-refractivity contribution in [3.05, 3.63) is 35.7 Å². The monoisotopic (exact) mass is 231 g/mol. The lowest BCUT2D eigenvalue weighted by atomic mass is 9.76. The van der Waals surface area contributed by atoms with Gasteiger partial charge in [0, 0.05) is 30.4 Å². The SMILES string of the molecule is C/C=C/CCn1ccc2c1CC(C)(C)CC2=O. The van der Waals surface area contributed by atoms with Crippen LogP contribution in [0.5, 0.6) is 0 Å². The zero-order valence-corrected chi connectivity index (χ0v) is 11.0. The number of ketones is 1. The summed E-state index contributed by atoms with van der Waals surface area (Å²) >= 11 is 0. The molecule has 1 aliphatic rings. The maximum Gasteiger partial charge on any atom is 0.165 e. The third-order valence-electron chi connectivity index (χ3n) is 3.44. The summed E-state index contributed by atoms with van der Waals surface area (Å²) in [5.74, 6) is 0.307. The number of fused-ring (bicyclic) bond motifs is 1. The van der Waals surface area contributed by atoms with E-state index < -0.39 is 0 Å². The van der Waals surface area contributed by atoms with Gasteiger partial charge in [-0.15, -0.1) is 0 Å². The molecule has 2 nitrogen and oxygen atoms in total. The first-order valence-electron chi connectivity index (χ1n) is 6.36. The van der Waals surface area contributed by atoms with E-state index in [2.05, 4.69) is 36.8 Å². The molecule has 0 bridgehead atoms. The van der Waals surface area contributed by atoms with Crippen LogP contribution in [-0.2, 0) is 13.0 Å². The maximum absolute atomic E-state index is 12.0. The Hall–Kier alpha value is -1.31. The van der Waals surface area contributed by atoms with Crippen LogP contribution in [0.2, 0.25) is 0 Å². The Labute approximate surface area is 103 Å². The molecule has 1 aromatic rings. The van der Waals surface area contributed by atoms with Gasteiger partial charge in [0.1, 0.15) is 0 Å². The maximum atomic E-state index is 12.0. The molecule has 0 atom stereocenters. The fraction of sp³-hybridized carbons (Fsp3) is 0.533. The van der Waals surface area contributed by atoms with Crippen LogP contribution in [0, 0.1) is 5.41 Å². The summed E-state index contributed by atoms with van der Waals surface area (Å²) < 4.78 is 2.24. The van der Waals surface area contributed by atoms with Gasteiger partial charge in [-0.25, -0.2) is 0 Å². The van der Waals surface area contributed by atoms with Crippen molar-refractivity contribution in [1.82, 2.24) is 4.57 Å². The number of carbonyl (C=O) groups is 1. The highest BCUT2D eigenvalue weighted by atomic mass is 16.1. The van der Waals surface area contributed by atoms with E-state index >= 15 is 0 Å². The predicted octanol–water partition coefficient (Wildman–Crippen LogP) is 3.61. The third kappa shape index (κ3) is 2.51. The van der Waals surface area contributed by atoms with Crippen molar-refractivity contribution in [3.63, 3.8) is 0 Å². The van der Waals surface area contributed by atoms with E-state index in [0.29, 0.717) is 12.2 Å². The second-order valence-corrected chi connectivity index (χ2v) is 5.67. The molecule has 17 heavy (non-hydrogen) atoms. The average Bonchev–Trinajstić information content (AvgIpc) is 2.60. The van der Waals surface area contributed by atoms with E-state index in [1.807, 2.05) is 13.0 Å². The van der Waals surface area contributed by atoms with Crippen LogP contribution in [0.25, 0.3) is 0 Å². The molecular formula is C15H21NO. The van der Waals surface area contributed by atoms with Gasteiger partial charge in [0.2, 0.25) is 0 Å². The molecule has 1 aliphatic carbocycles. The molecule has 2 rings (SSSR count). The number of hydrogen-bond acceptors (Lipinski definition) is 1. The summed E-state index contributed by atoms with van der Waals surface area (Å²) in [5, 5.41) is 0. The Balaban J connectivity index is 2.24. The molecule has 0 fully saturated rings. The molecule has 0 saturated carbocycles. The quantitative estimate of drug-likeness (QED) is 0.728. The molecule has 0 aliphatic heterocycles. The number of rotatable bonds is 3. The predicted molar refractivity (Wildman–Crippen MR) is 70.3 cm³/mol. The van der Waals surface area contributed by atoms with Gasteiger partial charge in [-0.05, 0) is 31.2 Å². The summed E-state index contributed by atoms with van der Waals surface area (Å²) in [6.07, 6.45) is 9.03. The fourth-order valence-electron chi connectivity index (χ4n) is 2.59. The van der Waals surface area contributed by atoms with Crippen molar-refractivity contribution in [2.75, 3.05) is 0 Å². The molecule has 1 aromatic heterocycles. The van der Waals surface area contributed by atoms with Crippen LogP contribution in [0.1, 0.15) is 49.7 Å². The van der Waals surface area contributed by atoms with E-state index in [1.165, 1.54) is 5.69 Å². The Morgan fingerprint density at radius 2 is 2.18 bits per heavy atom. The van der Waals surface area contributed by atoms with Crippen LogP contribution in [0.4, 0.5) is 0 Å². The summed E-state index contributed by atoms with van der Waals surface area (Å²) in [5.41, 5.74) is 2.29. The summed E-state index contributed by atoms with van der Waals surface area (Å²) in [6, 6.07) is 1.99. The third-order valence-corrected chi connectivity index (χ3v) is 3.44. The number of carbonyl (C=O) groups excluding carboxylic acids is 1. The van der Waals surface area contributed by atoms with E-state index in [9.17, 15) is 4.79 Å². The smallest absolute Gasteiger partial charge is 0.165 e. The van der Waals surface area contributed by atoms with Crippen molar-refractivity contribution in [2.24, 2.45) is 5.41 Å². The number of hydrogen-bond donors (Lipinski definition) is 0. The molecule has 0 amide bonds. The summed E-state index contributed by atoms with van der Waals surface area (Å²) in [4.78, 5) is 12.0. The van der Waals surface area contributed by atoms with Crippen LogP contribution < -0.4 is 0 Å². The van der Waals surface area contributed by atoms with E-state index in [-0.39, 0.29) is 5.41 Å². The van der Waals surface area contributed by atoms with Crippen LogP contribution in [0.15, 0.2) is 24.4 Å². The molecular weight excluding hydrogens is 210 g/mol. The molecule has 0 aromatic carbocycles. The van der Waals surface area contributed by atoms with Crippen molar-refractivity contribution >= 4 is 5.78 Å². The zero-order valence-electron chi connectivity index (χ0n) is 11.0. The van der Waals surface area contributed by atoms with Crippen LogP contribution in [0.3, 0.4) is 0 Å². The van der Waals surface area contributed by atoms with Gasteiger partial charge in [-0.3, -0.25) is 4.79 Å². The highest BCUT2D eigenvalue weighted by molar-refractivity contribution is 5.98. The largest absolute Gasteiger partial charge is 0.350 e. The second-order valence-electron chi connectivity index (χ2n) is 5.67. The molecule has 2 heteroatoms. The van der Waals surface area contributed by atoms with Crippen molar-refractivity contribution < 1.29 is 4.79 Å². The molecule has 92 valence electrons. The van der Waals surface area contributed by atoms with E-state index in [0.717, 1.165) is 24.9 Å². The minimum atomic E-state index is 0.112. The Bertz CT molecular complexity index is 451. The molecule has 0 spiro atoms. The van der Waals surface area contributed by atoms with Crippen molar-refractivity contribution in [2.45, 2.75) is 46.6 Å². The minimum Gasteiger partial charge on any atom is -0.350 e. The second kappa shape index (κ2) is 4.52.